The second kappa shape index (κ2) is 9.78. The Kier molecular flexibility index (Phi) is 7.69. The summed E-state index contributed by atoms with van der Waals surface area (Å²) in [7, 11) is 0. The predicted octanol–water partition coefficient (Wildman–Crippen LogP) is 4.43. The first-order valence-electron chi connectivity index (χ1n) is 7.66. The third kappa shape index (κ3) is 6.40. The van der Waals surface area contributed by atoms with Crippen molar-refractivity contribution in [1.29, 1.82) is 0 Å². The molecule has 0 unspecified atom stereocenters. The van der Waals surface area contributed by atoms with Gasteiger partial charge in [-0.1, -0.05) is 41.4 Å². The van der Waals surface area contributed by atoms with Gasteiger partial charge in [0.1, 0.15) is 12.4 Å². The Balaban J connectivity index is 1.84. The van der Waals surface area contributed by atoms with Crippen molar-refractivity contribution >= 4 is 23.2 Å². The lowest BCUT2D eigenvalue weighted by Gasteiger charge is -2.10. The number of halogens is 2. The molecule has 3 nitrogen and oxygen atoms in total. The molecule has 124 valence electrons. The number of hydrogen-bond acceptors (Lipinski definition) is 3. The molecule has 0 saturated heterocycles. The van der Waals surface area contributed by atoms with Crippen molar-refractivity contribution in [3.8, 4) is 5.75 Å². The number of benzene rings is 2. The minimum Gasteiger partial charge on any atom is -0.489 e. The van der Waals surface area contributed by atoms with Crippen LogP contribution >= 0.6 is 23.2 Å². The number of aliphatic hydroxyl groups excluding tert-OH is 1. The van der Waals surface area contributed by atoms with Gasteiger partial charge in [0.15, 0.2) is 0 Å². The van der Waals surface area contributed by atoms with Gasteiger partial charge < -0.3 is 15.2 Å². The summed E-state index contributed by atoms with van der Waals surface area (Å²) < 4.78 is 5.81. The number of unbranched alkanes of at least 4 members (excludes halogenated alkanes) is 1. The highest BCUT2D eigenvalue weighted by atomic mass is 35.5. The second-order valence-corrected chi connectivity index (χ2v) is 6.12. The highest BCUT2D eigenvalue weighted by molar-refractivity contribution is 6.35. The summed E-state index contributed by atoms with van der Waals surface area (Å²) in [4.78, 5) is 0. The maximum atomic E-state index is 8.75. The van der Waals surface area contributed by atoms with Gasteiger partial charge in [-0.25, -0.2) is 0 Å². The van der Waals surface area contributed by atoms with Crippen molar-refractivity contribution in [3.63, 3.8) is 0 Å². The van der Waals surface area contributed by atoms with E-state index in [-0.39, 0.29) is 6.61 Å². The van der Waals surface area contributed by atoms with Gasteiger partial charge in [-0.15, -0.1) is 0 Å². The van der Waals surface area contributed by atoms with Gasteiger partial charge in [0.25, 0.3) is 0 Å². The van der Waals surface area contributed by atoms with Gasteiger partial charge in [0, 0.05) is 28.8 Å². The molecule has 0 fully saturated rings. The van der Waals surface area contributed by atoms with Crippen LogP contribution in [0.5, 0.6) is 5.75 Å². The fraction of sp³-hybridized carbons (Fsp3) is 0.333. The van der Waals surface area contributed by atoms with E-state index in [0.717, 1.165) is 42.8 Å². The van der Waals surface area contributed by atoms with Crippen LogP contribution in [0.1, 0.15) is 24.0 Å². The van der Waals surface area contributed by atoms with Crippen molar-refractivity contribution in [2.24, 2.45) is 0 Å². The van der Waals surface area contributed by atoms with E-state index in [2.05, 4.69) is 11.4 Å². The van der Waals surface area contributed by atoms with Crippen LogP contribution in [-0.2, 0) is 13.2 Å². The highest BCUT2D eigenvalue weighted by Crippen LogP contribution is 2.23. The first kappa shape index (κ1) is 18.1. The van der Waals surface area contributed by atoms with E-state index >= 15 is 0 Å². The molecule has 0 aliphatic heterocycles. The summed E-state index contributed by atoms with van der Waals surface area (Å²) in [5.41, 5.74) is 2.07. The quantitative estimate of drug-likeness (QED) is 0.655. The monoisotopic (exact) mass is 353 g/mol. The minimum atomic E-state index is 0.248. The Morgan fingerprint density at radius 3 is 2.70 bits per heavy atom. The Hall–Kier alpha value is -1.26. The average molecular weight is 354 g/mol. The fourth-order valence-corrected chi connectivity index (χ4v) is 2.60. The molecule has 23 heavy (non-hydrogen) atoms. The summed E-state index contributed by atoms with van der Waals surface area (Å²) in [5.74, 6) is 0.811. The molecule has 5 heteroatoms. The molecule has 0 bridgehead atoms. The zero-order valence-corrected chi connectivity index (χ0v) is 14.4. The largest absolute Gasteiger partial charge is 0.489 e. The van der Waals surface area contributed by atoms with E-state index < -0.39 is 0 Å². The summed E-state index contributed by atoms with van der Waals surface area (Å²) >= 11 is 12.0. The van der Waals surface area contributed by atoms with Crippen LogP contribution in [0.15, 0.2) is 42.5 Å². The zero-order valence-electron chi connectivity index (χ0n) is 12.9. The topological polar surface area (TPSA) is 41.5 Å². The molecule has 0 aliphatic rings. The van der Waals surface area contributed by atoms with Gasteiger partial charge in [0.2, 0.25) is 0 Å². The Morgan fingerprint density at radius 2 is 1.91 bits per heavy atom. The van der Waals surface area contributed by atoms with E-state index in [9.17, 15) is 0 Å². The van der Waals surface area contributed by atoms with Crippen LogP contribution in [-0.4, -0.2) is 18.3 Å². The molecule has 0 atom stereocenters. The molecule has 0 aromatic heterocycles. The molecule has 2 N–H and O–H groups in total. The Bertz CT molecular complexity index is 620. The Morgan fingerprint density at radius 1 is 1.04 bits per heavy atom. The minimum absolute atomic E-state index is 0.248. The fourth-order valence-electron chi connectivity index (χ4n) is 2.14. The van der Waals surface area contributed by atoms with Gasteiger partial charge in [0.05, 0.1) is 0 Å². The normalized spacial score (nSPS) is 10.7. The second-order valence-electron chi connectivity index (χ2n) is 5.28. The molecule has 0 amide bonds. The van der Waals surface area contributed by atoms with Gasteiger partial charge in [-0.2, -0.15) is 0 Å². The molecule has 2 aromatic carbocycles. The maximum Gasteiger partial charge on any atom is 0.120 e. The molecule has 0 aliphatic carbocycles. The molecule has 0 saturated carbocycles. The number of hydrogen-bond donors (Lipinski definition) is 2. The molecule has 0 heterocycles. The lowest BCUT2D eigenvalue weighted by Crippen LogP contribution is -2.15. The van der Waals surface area contributed by atoms with Crippen LogP contribution in [0.3, 0.4) is 0 Å². The van der Waals surface area contributed by atoms with E-state index in [1.54, 1.807) is 12.1 Å². The molecular formula is C18H21Cl2NO2. The first-order valence-corrected chi connectivity index (χ1v) is 8.42. The molecular weight excluding hydrogens is 333 g/mol. The lowest BCUT2D eigenvalue weighted by atomic mass is 10.2. The molecule has 2 aromatic rings. The SMILES string of the molecule is OCCCCNCc1cccc(OCc2ccc(Cl)cc2Cl)c1. The molecule has 2 rings (SSSR count). The third-order valence-corrected chi connectivity index (χ3v) is 3.99. The van der Waals surface area contributed by atoms with Crippen LogP contribution in [0, 0.1) is 0 Å². The Labute approximate surface area is 147 Å². The summed E-state index contributed by atoms with van der Waals surface area (Å²) in [6.07, 6.45) is 1.81. The van der Waals surface area contributed by atoms with Gasteiger partial charge in [-0.3, -0.25) is 0 Å². The van der Waals surface area contributed by atoms with Crippen LogP contribution in [0.2, 0.25) is 10.0 Å². The smallest absolute Gasteiger partial charge is 0.120 e. The first-order chi connectivity index (χ1) is 11.2. The highest BCUT2D eigenvalue weighted by Gasteiger charge is 2.03. The number of ether oxygens (including phenoxy) is 1. The van der Waals surface area contributed by atoms with Crippen LogP contribution in [0.4, 0.5) is 0 Å². The van der Waals surface area contributed by atoms with Crippen LogP contribution in [0.25, 0.3) is 0 Å². The van der Waals surface area contributed by atoms with E-state index in [1.807, 2.05) is 24.3 Å². The lowest BCUT2D eigenvalue weighted by molar-refractivity contribution is 0.283. The summed E-state index contributed by atoms with van der Waals surface area (Å²) in [6, 6.07) is 13.4. The van der Waals surface area contributed by atoms with E-state index in [1.165, 1.54) is 0 Å². The zero-order chi connectivity index (χ0) is 16.5. The van der Waals surface area contributed by atoms with Crippen molar-refractivity contribution in [2.45, 2.75) is 26.0 Å². The van der Waals surface area contributed by atoms with Gasteiger partial charge in [-0.05, 0) is 49.2 Å². The van der Waals surface area contributed by atoms with E-state index in [0.29, 0.717) is 16.7 Å². The maximum absolute atomic E-state index is 8.75. The standard InChI is InChI=1S/C18H21Cl2NO2/c19-16-7-6-15(18(20)11-16)13-23-17-5-3-4-14(10-17)12-21-8-1-2-9-22/h3-7,10-11,21-22H,1-2,8-9,12-13H2. The van der Waals surface area contributed by atoms with Crippen molar-refractivity contribution in [2.75, 3.05) is 13.2 Å². The molecule has 0 radical (unpaired) electrons. The van der Waals surface area contributed by atoms with Crippen LogP contribution < -0.4 is 10.1 Å². The predicted molar refractivity (Wildman–Crippen MR) is 95.3 cm³/mol. The number of aliphatic hydroxyl groups is 1. The third-order valence-electron chi connectivity index (χ3n) is 3.40. The summed E-state index contributed by atoms with van der Waals surface area (Å²) in [5, 5.41) is 13.3. The summed E-state index contributed by atoms with van der Waals surface area (Å²) in [6.45, 7) is 2.33. The average Bonchev–Trinajstić information content (AvgIpc) is 2.54. The van der Waals surface area contributed by atoms with E-state index in [4.69, 9.17) is 33.0 Å². The number of nitrogens with one attached hydrogen (secondary N) is 1. The van der Waals surface area contributed by atoms with Gasteiger partial charge >= 0.3 is 0 Å². The van der Waals surface area contributed by atoms with Crippen molar-refractivity contribution in [1.82, 2.24) is 5.32 Å². The number of rotatable bonds is 9. The van der Waals surface area contributed by atoms with Crippen molar-refractivity contribution in [3.05, 3.63) is 63.6 Å². The van der Waals surface area contributed by atoms with Crippen molar-refractivity contribution < 1.29 is 9.84 Å². The molecule has 0 spiro atoms.